The molecular formula is C32H48N6O7. The minimum atomic E-state index is -2.08. The summed E-state index contributed by atoms with van der Waals surface area (Å²) in [7, 11) is 0. The minimum Gasteiger partial charge on any atom is -0.463 e. The summed E-state index contributed by atoms with van der Waals surface area (Å²) in [6, 6.07) is 3.94. The lowest BCUT2D eigenvalue weighted by molar-refractivity contribution is -0.163. The zero-order valence-corrected chi connectivity index (χ0v) is 27.1. The molecule has 2 heterocycles. The Bertz CT molecular complexity index is 1290. The lowest BCUT2D eigenvalue weighted by atomic mass is 9.87. The Labute approximate surface area is 264 Å². The molecule has 1 saturated heterocycles. The molecule has 0 aromatic carbocycles. The number of nitrogens with one attached hydrogen (secondary N) is 3. The highest BCUT2D eigenvalue weighted by Gasteiger charge is 2.59. The first-order valence-electron chi connectivity index (χ1n) is 15.6. The van der Waals surface area contributed by atoms with Crippen LogP contribution in [0.4, 0.5) is 0 Å². The van der Waals surface area contributed by atoms with E-state index < -0.39 is 47.3 Å². The number of aliphatic imine (C=N–C) groups is 1. The van der Waals surface area contributed by atoms with Crippen LogP contribution in [0.15, 0.2) is 17.1 Å². The molecule has 2 fully saturated rings. The van der Waals surface area contributed by atoms with E-state index >= 15 is 0 Å². The van der Waals surface area contributed by atoms with Gasteiger partial charge in [0.2, 0.25) is 11.5 Å². The Kier molecular flexibility index (Phi) is 12.1. The number of carbonyl (C=O) groups excluding carboxylic acids is 3. The predicted octanol–water partition coefficient (Wildman–Crippen LogP) is 3.05. The SMILES string of the molecule is CC(C)[C@H](C)C(=O)NC(=NC=N)c1ccc([C@]2(C#N)O[C@H](COC(=O)CC3CCCCC3)[C@@H](OC(=O)[C@@H](N)C(C)(C)C)[C@H]2O)[nH]1. The first-order valence-corrected chi connectivity index (χ1v) is 15.6. The van der Waals surface area contributed by atoms with Crippen molar-refractivity contribution >= 4 is 30.0 Å². The maximum Gasteiger partial charge on any atom is 0.323 e. The highest BCUT2D eigenvalue weighted by atomic mass is 16.6. The molecule has 1 amide bonds. The van der Waals surface area contributed by atoms with Gasteiger partial charge in [-0.3, -0.25) is 19.8 Å². The van der Waals surface area contributed by atoms with Crippen LogP contribution in [-0.4, -0.2) is 71.1 Å². The molecule has 13 heteroatoms. The van der Waals surface area contributed by atoms with Gasteiger partial charge in [0.05, 0.1) is 11.4 Å². The molecule has 0 unspecified atom stereocenters. The van der Waals surface area contributed by atoms with Crippen LogP contribution in [0.25, 0.3) is 0 Å². The van der Waals surface area contributed by atoms with Crippen molar-refractivity contribution in [3.8, 4) is 6.07 Å². The Morgan fingerprint density at radius 1 is 1.27 bits per heavy atom. The summed E-state index contributed by atoms with van der Waals surface area (Å²) in [6.07, 6.45) is 1.88. The number of nitrogens with two attached hydrogens (primary N) is 1. The number of hydrogen-bond acceptors (Lipinski definition) is 10. The van der Waals surface area contributed by atoms with Gasteiger partial charge in [0.15, 0.2) is 11.9 Å². The van der Waals surface area contributed by atoms with E-state index in [1.54, 1.807) is 27.7 Å². The number of aromatic amines is 1. The molecule has 1 aromatic rings. The molecule has 0 spiro atoms. The fourth-order valence-electron chi connectivity index (χ4n) is 5.39. The normalized spacial score (nSPS) is 25.7. The molecule has 0 radical (unpaired) electrons. The largest absolute Gasteiger partial charge is 0.463 e. The second-order valence-electron chi connectivity index (χ2n) is 13.5. The summed E-state index contributed by atoms with van der Waals surface area (Å²) >= 11 is 0. The fourth-order valence-corrected chi connectivity index (χ4v) is 5.39. The monoisotopic (exact) mass is 628 g/mol. The number of nitriles is 1. The second kappa shape index (κ2) is 15.1. The van der Waals surface area contributed by atoms with E-state index in [1.807, 2.05) is 19.9 Å². The molecular weight excluding hydrogens is 580 g/mol. The van der Waals surface area contributed by atoms with E-state index in [1.165, 1.54) is 12.1 Å². The zero-order chi connectivity index (χ0) is 33.5. The number of carbonyl (C=O) groups is 3. The standard InChI is InChI=1S/C32H48N6O7/c1-18(2)19(3)29(41)38-28(36-17-34)21-12-13-23(37-21)32(16-33)27(40)25(44-30(42)26(35)31(4,5)6)22(45-32)15-43-24(39)14-20-10-8-7-9-11-20/h12-13,17-20,22,25-27,37,40H,7-11,14-15,35H2,1-6H3,(H2,34,36,38,41)/t19-,22+,25+,26+,27+,32-/m0/s1. The Morgan fingerprint density at radius 2 is 1.93 bits per heavy atom. The van der Waals surface area contributed by atoms with Gasteiger partial charge >= 0.3 is 11.9 Å². The summed E-state index contributed by atoms with van der Waals surface area (Å²) in [5, 5.41) is 32.1. The quantitative estimate of drug-likeness (QED) is 0.138. The Balaban J connectivity index is 1.89. The van der Waals surface area contributed by atoms with Crippen LogP contribution in [0.3, 0.4) is 0 Å². The van der Waals surface area contributed by atoms with Gasteiger partial charge in [0.25, 0.3) is 0 Å². The number of aliphatic hydroxyl groups is 1. The summed E-state index contributed by atoms with van der Waals surface area (Å²) in [6.45, 7) is 10.5. The smallest absolute Gasteiger partial charge is 0.323 e. The molecule has 1 aliphatic carbocycles. The molecule has 1 aromatic heterocycles. The number of esters is 2. The Hall–Kier alpha value is -3.60. The maximum absolute atomic E-state index is 13.1. The van der Waals surface area contributed by atoms with Crippen molar-refractivity contribution in [1.29, 1.82) is 10.7 Å². The maximum atomic E-state index is 13.1. The topological polar surface area (TPSA) is 213 Å². The van der Waals surface area contributed by atoms with Crippen molar-refractivity contribution < 1.29 is 33.7 Å². The molecule has 1 saturated carbocycles. The number of aromatic nitrogens is 1. The third kappa shape index (κ3) is 8.56. The molecule has 13 nitrogen and oxygen atoms in total. The molecule has 2 aliphatic rings. The van der Waals surface area contributed by atoms with Gasteiger partial charge in [0, 0.05) is 12.3 Å². The van der Waals surface area contributed by atoms with Crippen molar-refractivity contribution in [3.63, 3.8) is 0 Å². The highest BCUT2D eigenvalue weighted by Crippen LogP contribution is 2.41. The average Bonchev–Trinajstić information content (AvgIpc) is 3.59. The van der Waals surface area contributed by atoms with Gasteiger partial charge in [-0.15, -0.1) is 0 Å². The first kappa shape index (κ1) is 35.9. The average molecular weight is 629 g/mol. The van der Waals surface area contributed by atoms with Crippen molar-refractivity contribution in [2.45, 2.75) is 110 Å². The van der Waals surface area contributed by atoms with Crippen LogP contribution in [0.1, 0.15) is 91.5 Å². The van der Waals surface area contributed by atoms with Gasteiger partial charge in [-0.05, 0) is 42.2 Å². The van der Waals surface area contributed by atoms with Gasteiger partial charge in [-0.25, -0.2) is 4.99 Å². The molecule has 45 heavy (non-hydrogen) atoms. The van der Waals surface area contributed by atoms with Crippen LogP contribution < -0.4 is 11.1 Å². The van der Waals surface area contributed by atoms with E-state index in [-0.39, 0.29) is 53.9 Å². The van der Waals surface area contributed by atoms with Crippen molar-refractivity contribution in [2.24, 2.45) is 33.9 Å². The third-order valence-electron chi connectivity index (χ3n) is 8.82. The number of aliphatic hydroxyl groups excluding tert-OH is 1. The predicted molar refractivity (Wildman–Crippen MR) is 166 cm³/mol. The summed E-state index contributed by atoms with van der Waals surface area (Å²) < 4.78 is 17.3. The lowest BCUT2D eigenvalue weighted by Crippen LogP contribution is -2.49. The van der Waals surface area contributed by atoms with E-state index in [9.17, 15) is 24.8 Å². The van der Waals surface area contributed by atoms with Crippen molar-refractivity contribution in [2.75, 3.05) is 6.61 Å². The number of rotatable bonds is 11. The third-order valence-corrected chi connectivity index (χ3v) is 8.82. The summed E-state index contributed by atoms with van der Waals surface area (Å²) in [5.74, 6) is -1.60. The number of nitrogens with zero attached hydrogens (tertiary/aromatic N) is 2. The minimum absolute atomic E-state index is 0.0293. The van der Waals surface area contributed by atoms with Crippen LogP contribution in [0.5, 0.6) is 0 Å². The van der Waals surface area contributed by atoms with Gasteiger partial charge in [0.1, 0.15) is 37.3 Å². The molecule has 1 aliphatic heterocycles. The number of H-pyrrole nitrogens is 1. The lowest BCUT2D eigenvalue weighted by Gasteiger charge is -2.29. The molecule has 248 valence electrons. The first-order chi connectivity index (χ1) is 21.1. The van der Waals surface area contributed by atoms with Crippen LogP contribution >= 0.6 is 0 Å². The highest BCUT2D eigenvalue weighted by molar-refractivity contribution is 6.09. The van der Waals surface area contributed by atoms with Gasteiger partial charge < -0.3 is 35.4 Å². The van der Waals surface area contributed by atoms with Crippen molar-refractivity contribution in [3.05, 3.63) is 23.5 Å². The van der Waals surface area contributed by atoms with Crippen LogP contribution in [0.2, 0.25) is 0 Å². The van der Waals surface area contributed by atoms with E-state index in [4.69, 9.17) is 25.4 Å². The molecule has 6 atom stereocenters. The molecule has 6 N–H and O–H groups in total. The molecule has 3 rings (SSSR count). The number of hydrogen-bond donors (Lipinski definition) is 5. The Morgan fingerprint density at radius 3 is 2.51 bits per heavy atom. The van der Waals surface area contributed by atoms with Gasteiger partial charge in [-0.1, -0.05) is 60.8 Å². The summed E-state index contributed by atoms with van der Waals surface area (Å²) in [5.41, 5.74) is 3.70. The van der Waals surface area contributed by atoms with Crippen LogP contribution in [-0.2, 0) is 34.2 Å². The second-order valence-corrected chi connectivity index (χ2v) is 13.5. The number of amides is 1. The van der Waals surface area contributed by atoms with E-state index in [2.05, 4.69) is 15.3 Å². The number of amidine groups is 1. The van der Waals surface area contributed by atoms with Crippen molar-refractivity contribution in [1.82, 2.24) is 10.3 Å². The van der Waals surface area contributed by atoms with E-state index in [0.717, 1.165) is 38.4 Å². The van der Waals surface area contributed by atoms with E-state index in [0.29, 0.717) is 0 Å². The van der Waals surface area contributed by atoms with Crippen LogP contribution in [0, 0.1) is 39.9 Å². The molecule has 0 bridgehead atoms. The fraction of sp³-hybridized carbons (Fsp3) is 0.688. The van der Waals surface area contributed by atoms with Gasteiger partial charge in [-0.2, -0.15) is 5.26 Å². The summed E-state index contributed by atoms with van der Waals surface area (Å²) in [4.78, 5) is 45.5. The number of ether oxygens (including phenoxy) is 3. The zero-order valence-electron chi connectivity index (χ0n) is 27.1.